The summed E-state index contributed by atoms with van der Waals surface area (Å²) in [7, 11) is -4.76. The van der Waals surface area contributed by atoms with Crippen LogP contribution in [-0.2, 0) is 16.2 Å². The lowest BCUT2D eigenvalue weighted by atomic mass is 10.1. The van der Waals surface area contributed by atoms with E-state index >= 15 is 0 Å². The maximum atomic E-state index is 13.8. The number of benzene rings is 2. The maximum absolute atomic E-state index is 13.8. The minimum atomic E-state index is -5.78. The van der Waals surface area contributed by atoms with Crippen LogP contribution in [0, 0.1) is 33.4 Å². The molecule has 28 heavy (non-hydrogen) atoms. The Bertz CT molecular complexity index is 1060. The van der Waals surface area contributed by atoms with Crippen LogP contribution in [-0.4, -0.2) is 13.3 Å². The first kappa shape index (κ1) is 21.4. The fourth-order valence-electron chi connectivity index (χ4n) is 2.00. The summed E-state index contributed by atoms with van der Waals surface area (Å²) in [5.74, 6) is -13.7. The zero-order chi connectivity index (χ0) is 21.6. The SMILES string of the molecule is NS(=O)(=O)c1cc(Oc2c(F)c(F)c(C(F)(F)F)c(F)c2F)ccc1[N+](=O)[O-]. The minimum absolute atomic E-state index is 0.291. The Labute approximate surface area is 150 Å². The molecule has 0 aliphatic heterocycles. The van der Waals surface area contributed by atoms with Crippen molar-refractivity contribution in [2.75, 3.05) is 0 Å². The van der Waals surface area contributed by atoms with Crippen LogP contribution < -0.4 is 9.88 Å². The van der Waals surface area contributed by atoms with Gasteiger partial charge in [0.25, 0.3) is 5.69 Å². The van der Waals surface area contributed by atoms with Crippen LogP contribution in [0.25, 0.3) is 0 Å². The number of alkyl halides is 3. The second-order valence-electron chi connectivity index (χ2n) is 4.99. The zero-order valence-corrected chi connectivity index (χ0v) is 13.7. The van der Waals surface area contributed by atoms with Crippen LogP contribution >= 0.6 is 0 Å². The van der Waals surface area contributed by atoms with Crippen LogP contribution in [0.4, 0.5) is 36.4 Å². The van der Waals surface area contributed by atoms with Crippen molar-refractivity contribution in [1.82, 2.24) is 0 Å². The van der Waals surface area contributed by atoms with Crippen molar-refractivity contribution in [2.24, 2.45) is 5.14 Å². The third-order valence-electron chi connectivity index (χ3n) is 3.16. The third kappa shape index (κ3) is 3.84. The zero-order valence-electron chi connectivity index (χ0n) is 12.9. The molecule has 0 saturated carbocycles. The van der Waals surface area contributed by atoms with Crippen molar-refractivity contribution in [3.63, 3.8) is 0 Å². The first-order valence-electron chi connectivity index (χ1n) is 6.58. The molecule has 0 spiro atoms. The lowest BCUT2D eigenvalue weighted by Crippen LogP contribution is -2.16. The van der Waals surface area contributed by atoms with Gasteiger partial charge in [-0.05, 0) is 6.07 Å². The molecule has 2 rings (SSSR count). The van der Waals surface area contributed by atoms with E-state index in [2.05, 4.69) is 4.74 Å². The molecule has 0 aliphatic rings. The van der Waals surface area contributed by atoms with Crippen LogP contribution in [0.5, 0.6) is 11.5 Å². The van der Waals surface area contributed by atoms with Crippen LogP contribution in [0.1, 0.15) is 5.56 Å². The Hall–Kier alpha value is -2.94. The molecule has 0 unspecified atom stereocenters. The number of halogens is 7. The van der Waals surface area contributed by atoms with Gasteiger partial charge in [0.05, 0.1) is 4.92 Å². The monoisotopic (exact) mass is 434 g/mol. The lowest BCUT2D eigenvalue weighted by molar-refractivity contribution is -0.387. The summed E-state index contributed by atoms with van der Waals surface area (Å²) in [5.41, 5.74) is -3.91. The van der Waals surface area contributed by atoms with Crippen molar-refractivity contribution < 1.29 is 48.8 Å². The fourth-order valence-corrected chi connectivity index (χ4v) is 2.72. The molecular formula is C13H5F7N2O5S. The molecule has 15 heteroatoms. The molecule has 0 radical (unpaired) electrons. The summed E-state index contributed by atoms with van der Waals surface area (Å²) in [6, 6.07) is 1.33. The summed E-state index contributed by atoms with van der Waals surface area (Å²) >= 11 is 0. The maximum Gasteiger partial charge on any atom is 0.422 e. The number of ether oxygens (including phenoxy) is 1. The second kappa shape index (κ2) is 6.90. The third-order valence-corrected chi connectivity index (χ3v) is 4.10. The van der Waals surface area contributed by atoms with E-state index in [9.17, 15) is 49.3 Å². The molecule has 0 amide bonds. The molecular weight excluding hydrogens is 429 g/mol. The summed E-state index contributed by atoms with van der Waals surface area (Å²) < 4.78 is 119. The Kier molecular flexibility index (Phi) is 5.26. The van der Waals surface area contributed by atoms with Crippen molar-refractivity contribution in [3.05, 3.63) is 57.1 Å². The number of nitrogens with zero attached hydrogens (tertiary/aromatic N) is 1. The van der Waals surface area contributed by atoms with Gasteiger partial charge >= 0.3 is 6.18 Å². The Morgan fingerprint density at radius 2 is 1.50 bits per heavy atom. The predicted octanol–water partition coefficient (Wildman–Crippen LogP) is 3.61. The number of nitro groups is 1. The average Bonchev–Trinajstić information content (AvgIpc) is 2.54. The molecule has 2 N–H and O–H groups in total. The number of primary sulfonamides is 1. The molecule has 2 aromatic carbocycles. The highest BCUT2D eigenvalue weighted by molar-refractivity contribution is 7.89. The van der Waals surface area contributed by atoms with E-state index in [-0.39, 0.29) is 0 Å². The summed E-state index contributed by atoms with van der Waals surface area (Å²) in [5, 5.41) is 15.5. The highest BCUT2D eigenvalue weighted by Gasteiger charge is 2.43. The minimum Gasteiger partial charge on any atom is -0.451 e. The van der Waals surface area contributed by atoms with Gasteiger partial charge in [-0.15, -0.1) is 0 Å². The molecule has 2 aromatic rings. The van der Waals surface area contributed by atoms with Gasteiger partial charge in [0.2, 0.25) is 27.4 Å². The fraction of sp³-hybridized carbons (Fsp3) is 0.0769. The number of rotatable bonds is 4. The molecule has 7 nitrogen and oxygen atoms in total. The van der Waals surface area contributed by atoms with Gasteiger partial charge in [0.15, 0.2) is 16.5 Å². The summed E-state index contributed by atoms with van der Waals surface area (Å²) in [6.45, 7) is 0. The quantitative estimate of drug-likeness (QED) is 0.342. The van der Waals surface area contributed by atoms with Crippen LogP contribution in [0.15, 0.2) is 23.1 Å². The topological polar surface area (TPSA) is 113 Å². The molecule has 0 aliphatic carbocycles. The first-order chi connectivity index (χ1) is 12.7. The van der Waals surface area contributed by atoms with E-state index in [1.54, 1.807) is 0 Å². The van der Waals surface area contributed by atoms with Gasteiger partial charge in [-0.2, -0.15) is 22.0 Å². The van der Waals surface area contributed by atoms with Crippen molar-refractivity contribution in [3.8, 4) is 11.5 Å². The van der Waals surface area contributed by atoms with Gasteiger partial charge in [-0.3, -0.25) is 10.1 Å². The lowest BCUT2D eigenvalue weighted by Gasteiger charge is -2.14. The van der Waals surface area contributed by atoms with Crippen LogP contribution in [0.2, 0.25) is 0 Å². The van der Waals surface area contributed by atoms with E-state index in [0.29, 0.717) is 18.2 Å². The average molecular weight is 434 g/mol. The van der Waals surface area contributed by atoms with Gasteiger partial charge in [-0.1, -0.05) is 0 Å². The second-order valence-corrected chi connectivity index (χ2v) is 6.52. The van der Waals surface area contributed by atoms with Gasteiger partial charge in [0, 0.05) is 12.1 Å². The molecule has 0 fully saturated rings. The molecule has 152 valence electrons. The van der Waals surface area contributed by atoms with Crippen molar-refractivity contribution in [1.29, 1.82) is 0 Å². The number of sulfonamides is 1. The number of hydrogen-bond donors (Lipinski definition) is 1. The molecule has 0 saturated heterocycles. The number of hydrogen-bond acceptors (Lipinski definition) is 5. The van der Waals surface area contributed by atoms with E-state index in [1.807, 2.05) is 0 Å². The number of nitro benzene ring substituents is 1. The standard InChI is InChI=1S/C13H5F7N2O5S/c14-8-7(13(18,19)20)9(15)11(17)12(10(8)16)27-4-1-2-5(22(23)24)6(3-4)28(21,25)26/h1-3H,(H2,21,25,26). The Morgan fingerprint density at radius 1 is 1.00 bits per heavy atom. The van der Waals surface area contributed by atoms with E-state index in [4.69, 9.17) is 5.14 Å². The molecule has 0 heterocycles. The largest absolute Gasteiger partial charge is 0.451 e. The number of nitrogens with two attached hydrogens (primary N) is 1. The van der Waals surface area contributed by atoms with E-state index < -0.39 is 72.0 Å². The van der Waals surface area contributed by atoms with E-state index in [1.165, 1.54) is 0 Å². The first-order valence-corrected chi connectivity index (χ1v) is 8.13. The Balaban J connectivity index is 2.66. The van der Waals surface area contributed by atoms with Gasteiger partial charge in [0.1, 0.15) is 11.3 Å². The molecule has 0 aromatic heterocycles. The predicted molar refractivity (Wildman–Crippen MR) is 75.8 cm³/mol. The van der Waals surface area contributed by atoms with Crippen molar-refractivity contribution >= 4 is 15.7 Å². The van der Waals surface area contributed by atoms with Crippen LogP contribution in [0.3, 0.4) is 0 Å². The highest BCUT2D eigenvalue weighted by Crippen LogP contribution is 2.41. The smallest absolute Gasteiger partial charge is 0.422 e. The van der Waals surface area contributed by atoms with Crippen molar-refractivity contribution in [2.45, 2.75) is 11.1 Å². The Morgan fingerprint density at radius 3 is 1.89 bits per heavy atom. The van der Waals surface area contributed by atoms with Gasteiger partial charge < -0.3 is 4.74 Å². The van der Waals surface area contributed by atoms with E-state index in [0.717, 1.165) is 0 Å². The summed E-state index contributed by atoms with van der Waals surface area (Å²) in [4.78, 5) is 8.42. The molecule has 0 bridgehead atoms. The normalized spacial score (nSPS) is 12.1. The summed E-state index contributed by atoms with van der Waals surface area (Å²) in [6.07, 6.45) is -5.78. The van der Waals surface area contributed by atoms with Gasteiger partial charge in [-0.25, -0.2) is 22.3 Å². The highest BCUT2D eigenvalue weighted by atomic mass is 32.2. The molecule has 0 atom stereocenters.